The van der Waals surface area contributed by atoms with E-state index in [-0.39, 0.29) is 18.4 Å². The van der Waals surface area contributed by atoms with Crippen LogP contribution in [0.2, 0.25) is 0 Å². The van der Waals surface area contributed by atoms with Crippen LogP contribution in [0.3, 0.4) is 0 Å². The summed E-state index contributed by atoms with van der Waals surface area (Å²) in [5.41, 5.74) is 0. The zero-order chi connectivity index (χ0) is 16.1. The lowest BCUT2D eigenvalue weighted by Gasteiger charge is -2.30. The molecule has 6 heteroatoms. The SMILES string of the molecule is CCc1noc(C2CCCN(C(=O)COc3ccccc3)C2)n1. The number of aryl methyl sites for hydroxylation is 1. The van der Waals surface area contributed by atoms with Crippen LogP contribution in [-0.2, 0) is 11.2 Å². The van der Waals surface area contributed by atoms with Crippen LogP contribution in [0, 0.1) is 0 Å². The Morgan fingerprint density at radius 3 is 2.96 bits per heavy atom. The highest BCUT2D eigenvalue weighted by molar-refractivity contribution is 5.78. The first-order chi connectivity index (χ1) is 11.3. The van der Waals surface area contributed by atoms with Crippen LogP contribution in [-0.4, -0.2) is 40.6 Å². The average Bonchev–Trinajstić information content (AvgIpc) is 3.10. The number of aromatic nitrogens is 2. The van der Waals surface area contributed by atoms with E-state index in [1.165, 1.54) is 0 Å². The fourth-order valence-electron chi connectivity index (χ4n) is 2.74. The van der Waals surface area contributed by atoms with Gasteiger partial charge in [-0.25, -0.2) is 0 Å². The Bertz CT molecular complexity index is 642. The molecule has 6 nitrogen and oxygen atoms in total. The molecule has 0 N–H and O–H groups in total. The van der Waals surface area contributed by atoms with Crippen molar-refractivity contribution in [2.24, 2.45) is 0 Å². The summed E-state index contributed by atoms with van der Waals surface area (Å²) in [6.45, 7) is 3.41. The summed E-state index contributed by atoms with van der Waals surface area (Å²) in [6, 6.07) is 9.38. The van der Waals surface area contributed by atoms with Crippen molar-refractivity contribution in [3.63, 3.8) is 0 Å². The maximum absolute atomic E-state index is 12.3. The molecule has 0 aliphatic carbocycles. The Labute approximate surface area is 135 Å². The molecule has 23 heavy (non-hydrogen) atoms. The zero-order valence-corrected chi connectivity index (χ0v) is 13.3. The number of rotatable bonds is 5. The average molecular weight is 315 g/mol. The molecule has 2 heterocycles. The van der Waals surface area contributed by atoms with Crippen LogP contribution in [0.25, 0.3) is 0 Å². The van der Waals surface area contributed by atoms with Gasteiger partial charge in [0, 0.05) is 19.5 Å². The summed E-state index contributed by atoms with van der Waals surface area (Å²) in [7, 11) is 0. The van der Waals surface area contributed by atoms with E-state index in [1.54, 1.807) is 0 Å². The summed E-state index contributed by atoms with van der Waals surface area (Å²) < 4.78 is 10.9. The Balaban J connectivity index is 1.56. The van der Waals surface area contributed by atoms with E-state index in [0.717, 1.165) is 31.6 Å². The summed E-state index contributed by atoms with van der Waals surface area (Å²) in [4.78, 5) is 18.6. The van der Waals surface area contributed by atoms with E-state index in [1.807, 2.05) is 42.2 Å². The number of para-hydroxylation sites is 1. The minimum atomic E-state index is -0.00576. The van der Waals surface area contributed by atoms with Crippen molar-refractivity contribution in [1.82, 2.24) is 15.0 Å². The van der Waals surface area contributed by atoms with Crippen molar-refractivity contribution in [3.8, 4) is 5.75 Å². The van der Waals surface area contributed by atoms with Crippen molar-refractivity contribution >= 4 is 5.91 Å². The number of nitrogens with zero attached hydrogens (tertiary/aromatic N) is 3. The first kappa shape index (κ1) is 15.5. The molecule has 1 unspecified atom stereocenters. The van der Waals surface area contributed by atoms with Gasteiger partial charge >= 0.3 is 0 Å². The van der Waals surface area contributed by atoms with E-state index in [2.05, 4.69) is 10.1 Å². The van der Waals surface area contributed by atoms with Gasteiger partial charge in [0.25, 0.3) is 5.91 Å². The molecule has 1 aromatic heterocycles. The molecule has 0 bridgehead atoms. The Morgan fingerprint density at radius 1 is 1.39 bits per heavy atom. The third kappa shape index (κ3) is 3.88. The van der Waals surface area contributed by atoms with Gasteiger partial charge in [-0.3, -0.25) is 4.79 Å². The number of carbonyl (C=O) groups is 1. The van der Waals surface area contributed by atoms with Gasteiger partial charge in [-0.1, -0.05) is 30.3 Å². The molecule has 1 aliphatic heterocycles. The minimum Gasteiger partial charge on any atom is -0.484 e. The lowest BCUT2D eigenvalue weighted by atomic mass is 9.98. The topological polar surface area (TPSA) is 68.5 Å². The second kappa shape index (κ2) is 7.26. The second-order valence-corrected chi connectivity index (χ2v) is 5.68. The van der Waals surface area contributed by atoms with Crippen molar-refractivity contribution in [2.45, 2.75) is 32.1 Å². The third-order valence-electron chi connectivity index (χ3n) is 4.03. The molecular formula is C17H21N3O3. The van der Waals surface area contributed by atoms with Crippen LogP contribution in [0.4, 0.5) is 0 Å². The lowest BCUT2D eigenvalue weighted by Crippen LogP contribution is -2.41. The molecule has 1 fully saturated rings. The highest BCUT2D eigenvalue weighted by Crippen LogP contribution is 2.25. The molecule has 0 spiro atoms. The summed E-state index contributed by atoms with van der Waals surface area (Å²) >= 11 is 0. The molecule has 1 amide bonds. The lowest BCUT2D eigenvalue weighted by molar-refractivity contribution is -0.134. The van der Waals surface area contributed by atoms with Gasteiger partial charge in [-0.2, -0.15) is 4.98 Å². The predicted octanol–water partition coefficient (Wildman–Crippen LogP) is 2.42. The molecule has 0 radical (unpaired) electrons. The maximum atomic E-state index is 12.3. The van der Waals surface area contributed by atoms with Gasteiger partial charge in [0.15, 0.2) is 12.4 Å². The number of hydrogen-bond acceptors (Lipinski definition) is 5. The van der Waals surface area contributed by atoms with Crippen LogP contribution in [0.5, 0.6) is 5.75 Å². The van der Waals surface area contributed by atoms with Gasteiger partial charge in [-0.15, -0.1) is 0 Å². The number of ether oxygens (including phenoxy) is 1. The molecule has 0 saturated carbocycles. The smallest absolute Gasteiger partial charge is 0.260 e. The number of likely N-dealkylation sites (tertiary alicyclic amines) is 1. The molecule has 122 valence electrons. The van der Waals surface area contributed by atoms with Crippen LogP contribution in [0.15, 0.2) is 34.9 Å². The van der Waals surface area contributed by atoms with Crippen LogP contribution in [0.1, 0.15) is 37.4 Å². The Morgan fingerprint density at radius 2 is 2.22 bits per heavy atom. The number of carbonyl (C=O) groups excluding carboxylic acids is 1. The largest absolute Gasteiger partial charge is 0.484 e. The maximum Gasteiger partial charge on any atom is 0.260 e. The van der Waals surface area contributed by atoms with Gasteiger partial charge < -0.3 is 14.2 Å². The first-order valence-electron chi connectivity index (χ1n) is 8.04. The van der Waals surface area contributed by atoms with Crippen molar-refractivity contribution in [2.75, 3.05) is 19.7 Å². The molecule has 1 aromatic carbocycles. The molecule has 1 atom stereocenters. The van der Waals surface area contributed by atoms with Crippen molar-refractivity contribution in [1.29, 1.82) is 0 Å². The van der Waals surface area contributed by atoms with Crippen LogP contribution < -0.4 is 4.74 Å². The van der Waals surface area contributed by atoms with E-state index >= 15 is 0 Å². The summed E-state index contributed by atoms with van der Waals surface area (Å²) in [5.74, 6) is 2.18. The van der Waals surface area contributed by atoms with Gasteiger partial charge in [-0.05, 0) is 25.0 Å². The number of piperidine rings is 1. The third-order valence-corrected chi connectivity index (χ3v) is 4.03. The quantitative estimate of drug-likeness (QED) is 0.847. The number of hydrogen-bond donors (Lipinski definition) is 0. The standard InChI is InChI=1S/C17H21N3O3/c1-2-15-18-17(23-19-15)13-7-6-10-20(11-13)16(21)12-22-14-8-4-3-5-9-14/h3-5,8-9,13H,2,6-7,10-12H2,1H3. The highest BCUT2D eigenvalue weighted by atomic mass is 16.5. The fraction of sp³-hybridized carbons (Fsp3) is 0.471. The van der Waals surface area contributed by atoms with E-state index in [0.29, 0.717) is 18.2 Å². The fourth-order valence-corrected chi connectivity index (χ4v) is 2.74. The minimum absolute atomic E-state index is 0.00576. The molecule has 3 rings (SSSR count). The number of benzene rings is 1. The van der Waals surface area contributed by atoms with Crippen molar-refractivity contribution < 1.29 is 14.1 Å². The molecular weight excluding hydrogens is 294 g/mol. The predicted molar refractivity (Wildman–Crippen MR) is 84.2 cm³/mol. The number of amides is 1. The summed E-state index contributed by atoms with van der Waals surface area (Å²) in [5, 5.41) is 3.94. The second-order valence-electron chi connectivity index (χ2n) is 5.68. The molecule has 1 aliphatic rings. The van der Waals surface area contributed by atoms with E-state index < -0.39 is 0 Å². The molecule has 2 aromatic rings. The van der Waals surface area contributed by atoms with E-state index in [9.17, 15) is 4.79 Å². The van der Waals surface area contributed by atoms with Gasteiger partial charge in [0.05, 0.1) is 5.92 Å². The van der Waals surface area contributed by atoms with E-state index in [4.69, 9.17) is 9.26 Å². The summed E-state index contributed by atoms with van der Waals surface area (Å²) in [6.07, 6.45) is 2.66. The van der Waals surface area contributed by atoms with Crippen LogP contribution >= 0.6 is 0 Å². The molecule has 1 saturated heterocycles. The van der Waals surface area contributed by atoms with Gasteiger partial charge in [0.1, 0.15) is 5.75 Å². The monoisotopic (exact) mass is 315 g/mol. The normalized spacial score (nSPS) is 18.0. The first-order valence-corrected chi connectivity index (χ1v) is 8.04. The van der Waals surface area contributed by atoms with Crippen molar-refractivity contribution in [3.05, 3.63) is 42.0 Å². The van der Waals surface area contributed by atoms with Gasteiger partial charge in [0.2, 0.25) is 5.89 Å². The zero-order valence-electron chi connectivity index (χ0n) is 13.3. The highest BCUT2D eigenvalue weighted by Gasteiger charge is 2.28. The Kier molecular flexibility index (Phi) is 4.90. The Hall–Kier alpha value is -2.37.